The van der Waals surface area contributed by atoms with Crippen molar-refractivity contribution in [2.75, 3.05) is 13.2 Å². The highest BCUT2D eigenvalue weighted by Gasteiger charge is 2.24. The maximum Gasteiger partial charge on any atom is 0.0859 e. The predicted molar refractivity (Wildman–Crippen MR) is 69.8 cm³/mol. The van der Waals surface area contributed by atoms with E-state index < -0.39 is 0 Å². The summed E-state index contributed by atoms with van der Waals surface area (Å²) in [5.74, 6) is 0.698. The fourth-order valence-electron chi connectivity index (χ4n) is 1.08. The number of hydrogen-bond acceptors (Lipinski definition) is 2. The highest BCUT2D eigenvalue weighted by molar-refractivity contribution is 4.72. The molecule has 0 radical (unpaired) electrons. The SMILES string of the molecule is CCC(C)(C)OCC(C)(C)OCCC(C)C. The molecule has 0 saturated heterocycles. The zero-order chi connectivity index (χ0) is 12.8. The van der Waals surface area contributed by atoms with Crippen LogP contribution in [-0.4, -0.2) is 24.4 Å². The highest BCUT2D eigenvalue weighted by atomic mass is 16.6. The highest BCUT2D eigenvalue weighted by Crippen LogP contribution is 2.19. The first-order valence-corrected chi connectivity index (χ1v) is 6.46. The van der Waals surface area contributed by atoms with Gasteiger partial charge in [0.05, 0.1) is 17.8 Å². The van der Waals surface area contributed by atoms with Crippen LogP contribution in [0.1, 0.15) is 61.3 Å². The van der Waals surface area contributed by atoms with Gasteiger partial charge in [-0.25, -0.2) is 0 Å². The van der Waals surface area contributed by atoms with Gasteiger partial charge in [-0.2, -0.15) is 0 Å². The molecule has 0 aromatic heterocycles. The van der Waals surface area contributed by atoms with Gasteiger partial charge in [0, 0.05) is 6.61 Å². The summed E-state index contributed by atoms with van der Waals surface area (Å²) in [6.07, 6.45) is 2.13. The van der Waals surface area contributed by atoms with Gasteiger partial charge in [-0.1, -0.05) is 20.8 Å². The monoisotopic (exact) mass is 230 g/mol. The third kappa shape index (κ3) is 8.12. The van der Waals surface area contributed by atoms with Gasteiger partial charge >= 0.3 is 0 Å². The van der Waals surface area contributed by atoms with Crippen LogP contribution in [0, 0.1) is 5.92 Å². The average Bonchev–Trinajstić information content (AvgIpc) is 2.14. The fraction of sp³-hybridized carbons (Fsp3) is 1.00. The Hall–Kier alpha value is -0.0800. The minimum atomic E-state index is -0.179. The van der Waals surface area contributed by atoms with E-state index in [1.165, 1.54) is 0 Å². The lowest BCUT2D eigenvalue weighted by molar-refractivity contribution is -0.122. The predicted octanol–water partition coefficient (Wildman–Crippen LogP) is 4.03. The van der Waals surface area contributed by atoms with E-state index in [2.05, 4.69) is 48.5 Å². The first-order valence-electron chi connectivity index (χ1n) is 6.46. The summed E-state index contributed by atoms with van der Waals surface area (Å²) < 4.78 is 11.7. The Balaban J connectivity index is 3.86. The Kier molecular flexibility index (Phi) is 6.57. The maximum atomic E-state index is 5.88. The minimum absolute atomic E-state index is 0.0430. The molecule has 98 valence electrons. The molecule has 0 amide bonds. The Morgan fingerprint density at radius 1 is 0.938 bits per heavy atom. The third-order valence-corrected chi connectivity index (χ3v) is 2.85. The number of ether oxygens (including phenoxy) is 2. The lowest BCUT2D eigenvalue weighted by atomic mass is 10.1. The van der Waals surface area contributed by atoms with Gasteiger partial charge in [0.2, 0.25) is 0 Å². The van der Waals surface area contributed by atoms with Gasteiger partial charge in [0.25, 0.3) is 0 Å². The molecule has 0 aliphatic heterocycles. The van der Waals surface area contributed by atoms with Crippen molar-refractivity contribution in [3.05, 3.63) is 0 Å². The molecule has 0 aromatic rings. The quantitative estimate of drug-likeness (QED) is 0.626. The van der Waals surface area contributed by atoms with Crippen LogP contribution in [0.4, 0.5) is 0 Å². The minimum Gasteiger partial charge on any atom is -0.373 e. The van der Waals surface area contributed by atoms with Gasteiger partial charge in [0.1, 0.15) is 0 Å². The molecular formula is C14H30O2. The van der Waals surface area contributed by atoms with Crippen LogP contribution in [-0.2, 0) is 9.47 Å². The molecule has 0 bridgehead atoms. The molecule has 0 fully saturated rings. The van der Waals surface area contributed by atoms with Crippen molar-refractivity contribution in [2.45, 2.75) is 72.5 Å². The summed E-state index contributed by atoms with van der Waals surface area (Å²) in [5, 5.41) is 0. The van der Waals surface area contributed by atoms with Crippen LogP contribution in [0.3, 0.4) is 0 Å². The van der Waals surface area contributed by atoms with Crippen LogP contribution >= 0.6 is 0 Å². The average molecular weight is 230 g/mol. The molecule has 0 heterocycles. The third-order valence-electron chi connectivity index (χ3n) is 2.85. The smallest absolute Gasteiger partial charge is 0.0859 e. The van der Waals surface area contributed by atoms with E-state index in [1.807, 2.05) is 0 Å². The molecule has 0 N–H and O–H groups in total. The maximum absolute atomic E-state index is 5.88. The van der Waals surface area contributed by atoms with Gasteiger partial charge in [0.15, 0.2) is 0 Å². The molecule has 0 aliphatic carbocycles. The van der Waals surface area contributed by atoms with Crippen LogP contribution in [0.15, 0.2) is 0 Å². The molecule has 0 saturated carbocycles. The van der Waals surface area contributed by atoms with Crippen molar-refractivity contribution in [1.29, 1.82) is 0 Å². The second-order valence-corrected chi connectivity index (χ2v) is 6.19. The fourth-order valence-corrected chi connectivity index (χ4v) is 1.08. The molecule has 2 nitrogen and oxygen atoms in total. The molecule has 16 heavy (non-hydrogen) atoms. The van der Waals surface area contributed by atoms with Crippen LogP contribution in [0.25, 0.3) is 0 Å². The summed E-state index contributed by atoms with van der Waals surface area (Å²) >= 11 is 0. The van der Waals surface area contributed by atoms with Gasteiger partial charge in [-0.05, 0) is 46.5 Å². The van der Waals surface area contributed by atoms with E-state index in [-0.39, 0.29) is 11.2 Å². The lowest BCUT2D eigenvalue weighted by Gasteiger charge is -2.31. The zero-order valence-electron chi connectivity index (χ0n) is 12.2. The Labute approximate surface area is 102 Å². The van der Waals surface area contributed by atoms with E-state index in [4.69, 9.17) is 9.47 Å². The summed E-state index contributed by atoms with van der Waals surface area (Å²) in [4.78, 5) is 0. The summed E-state index contributed by atoms with van der Waals surface area (Å²) in [6, 6.07) is 0. The molecule has 0 rings (SSSR count). The van der Waals surface area contributed by atoms with Crippen LogP contribution in [0.5, 0.6) is 0 Å². The van der Waals surface area contributed by atoms with E-state index in [0.29, 0.717) is 12.5 Å². The van der Waals surface area contributed by atoms with Crippen molar-refractivity contribution in [3.8, 4) is 0 Å². The lowest BCUT2D eigenvalue weighted by Crippen LogP contribution is -2.36. The Bertz CT molecular complexity index is 183. The first kappa shape index (κ1) is 15.9. The van der Waals surface area contributed by atoms with E-state index >= 15 is 0 Å². The van der Waals surface area contributed by atoms with Crippen molar-refractivity contribution in [1.82, 2.24) is 0 Å². The van der Waals surface area contributed by atoms with E-state index in [0.717, 1.165) is 19.4 Å². The standard InChI is InChI=1S/C14H30O2/c1-8-13(4,5)16-11-14(6,7)15-10-9-12(2)3/h12H,8-11H2,1-7H3. The molecule has 2 heteroatoms. The zero-order valence-corrected chi connectivity index (χ0v) is 12.2. The van der Waals surface area contributed by atoms with Gasteiger partial charge in [-0.3, -0.25) is 0 Å². The molecule has 0 aliphatic rings. The van der Waals surface area contributed by atoms with E-state index in [1.54, 1.807) is 0 Å². The normalized spacial score (nSPS) is 13.5. The van der Waals surface area contributed by atoms with E-state index in [9.17, 15) is 0 Å². The van der Waals surface area contributed by atoms with Crippen LogP contribution in [0.2, 0.25) is 0 Å². The molecule has 0 aromatic carbocycles. The number of hydrogen-bond donors (Lipinski definition) is 0. The molecule has 0 unspecified atom stereocenters. The first-order chi connectivity index (χ1) is 7.18. The summed E-state index contributed by atoms with van der Waals surface area (Å²) in [5.41, 5.74) is -0.222. The summed E-state index contributed by atoms with van der Waals surface area (Å²) in [6.45, 7) is 16.5. The Morgan fingerprint density at radius 2 is 1.50 bits per heavy atom. The topological polar surface area (TPSA) is 18.5 Å². The summed E-state index contributed by atoms with van der Waals surface area (Å²) in [7, 11) is 0. The van der Waals surface area contributed by atoms with Crippen molar-refractivity contribution in [3.63, 3.8) is 0 Å². The largest absolute Gasteiger partial charge is 0.373 e. The Morgan fingerprint density at radius 3 is 1.94 bits per heavy atom. The van der Waals surface area contributed by atoms with Gasteiger partial charge in [-0.15, -0.1) is 0 Å². The second-order valence-electron chi connectivity index (χ2n) is 6.19. The molecule has 0 atom stereocenters. The van der Waals surface area contributed by atoms with Crippen LogP contribution < -0.4 is 0 Å². The van der Waals surface area contributed by atoms with Gasteiger partial charge < -0.3 is 9.47 Å². The second kappa shape index (κ2) is 6.61. The van der Waals surface area contributed by atoms with Crippen molar-refractivity contribution in [2.24, 2.45) is 5.92 Å². The molecular weight excluding hydrogens is 200 g/mol. The van der Waals surface area contributed by atoms with Crippen molar-refractivity contribution >= 4 is 0 Å². The number of rotatable bonds is 8. The van der Waals surface area contributed by atoms with Crippen molar-refractivity contribution < 1.29 is 9.47 Å². The molecule has 0 spiro atoms.